The lowest BCUT2D eigenvalue weighted by atomic mass is 10.2. The van der Waals surface area contributed by atoms with Gasteiger partial charge in [0.2, 0.25) is 5.91 Å². The van der Waals surface area contributed by atoms with Crippen molar-refractivity contribution in [3.63, 3.8) is 0 Å². The van der Waals surface area contributed by atoms with Gasteiger partial charge in [0, 0.05) is 36.6 Å². The quantitative estimate of drug-likeness (QED) is 0.823. The summed E-state index contributed by atoms with van der Waals surface area (Å²) in [6, 6.07) is 1.91. The summed E-state index contributed by atoms with van der Waals surface area (Å²) < 4.78 is 3.76. The molecule has 0 saturated carbocycles. The van der Waals surface area contributed by atoms with Crippen LogP contribution in [-0.4, -0.2) is 25.5 Å². The minimum absolute atomic E-state index is 0.123. The zero-order chi connectivity index (χ0) is 15.2. The third-order valence-electron chi connectivity index (χ3n) is 3.40. The molecule has 0 aliphatic heterocycles. The molecule has 6 heteroatoms. The van der Waals surface area contributed by atoms with E-state index >= 15 is 0 Å². The van der Waals surface area contributed by atoms with Crippen LogP contribution in [0.2, 0.25) is 0 Å². The van der Waals surface area contributed by atoms with E-state index in [1.54, 1.807) is 18.5 Å². The lowest BCUT2D eigenvalue weighted by Gasteiger charge is -2.05. The Morgan fingerprint density at radius 2 is 2.05 bits per heavy atom. The number of hydrogen-bond donors (Lipinski definition) is 1. The van der Waals surface area contributed by atoms with Gasteiger partial charge in [0.1, 0.15) is 0 Å². The van der Waals surface area contributed by atoms with E-state index in [0.717, 1.165) is 30.0 Å². The van der Waals surface area contributed by atoms with Crippen molar-refractivity contribution in [2.75, 3.05) is 0 Å². The van der Waals surface area contributed by atoms with Crippen molar-refractivity contribution in [2.45, 2.75) is 40.4 Å². The van der Waals surface area contributed by atoms with Gasteiger partial charge in [-0.2, -0.15) is 10.2 Å². The highest BCUT2D eigenvalue weighted by Gasteiger charge is 2.04. The zero-order valence-electron chi connectivity index (χ0n) is 12.7. The number of hydrogen-bond acceptors (Lipinski definition) is 3. The topological polar surface area (TPSA) is 64.7 Å². The third-order valence-corrected chi connectivity index (χ3v) is 3.40. The second-order valence-corrected chi connectivity index (χ2v) is 4.69. The summed E-state index contributed by atoms with van der Waals surface area (Å²) in [5, 5.41) is 11.3. The molecular formula is C15H21N5O. The molecule has 6 nitrogen and oxygen atoms in total. The number of nitrogens with zero attached hydrogens (tertiary/aromatic N) is 4. The Kier molecular flexibility index (Phi) is 4.92. The van der Waals surface area contributed by atoms with Crippen molar-refractivity contribution in [2.24, 2.45) is 0 Å². The fourth-order valence-corrected chi connectivity index (χ4v) is 2.14. The monoisotopic (exact) mass is 287 g/mol. The van der Waals surface area contributed by atoms with Crippen molar-refractivity contribution in [3.05, 3.63) is 41.5 Å². The predicted molar refractivity (Wildman–Crippen MR) is 81.4 cm³/mol. The highest BCUT2D eigenvalue weighted by molar-refractivity contribution is 5.91. The first-order valence-corrected chi connectivity index (χ1v) is 7.14. The molecule has 112 valence electrons. The Hall–Kier alpha value is -2.37. The predicted octanol–water partition coefficient (Wildman–Crippen LogP) is 1.76. The number of carbonyl (C=O) groups is 1. The molecule has 2 heterocycles. The SMILES string of the molecule is CCn1nccc1CNC(=O)/C=C/c1cnn(CC)c1C. The van der Waals surface area contributed by atoms with Crippen molar-refractivity contribution in [1.29, 1.82) is 0 Å². The van der Waals surface area contributed by atoms with E-state index in [1.807, 2.05) is 36.2 Å². The van der Waals surface area contributed by atoms with Crippen LogP contribution in [-0.2, 0) is 24.4 Å². The van der Waals surface area contributed by atoms with Crippen LogP contribution in [0.5, 0.6) is 0 Å². The second kappa shape index (κ2) is 6.88. The summed E-state index contributed by atoms with van der Waals surface area (Å²) in [6.45, 7) is 8.15. The summed E-state index contributed by atoms with van der Waals surface area (Å²) in [4.78, 5) is 11.8. The van der Waals surface area contributed by atoms with Gasteiger partial charge in [-0.1, -0.05) is 0 Å². The molecule has 0 aliphatic carbocycles. The van der Waals surface area contributed by atoms with Gasteiger partial charge in [-0.15, -0.1) is 0 Å². The fraction of sp³-hybridized carbons (Fsp3) is 0.400. The van der Waals surface area contributed by atoms with Crippen LogP contribution in [0.4, 0.5) is 0 Å². The van der Waals surface area contributed by atoms with E-state index < -0.39 is 0 Å². The molecule has 1 amide bonds. The molecule has 0 bridgehead atoms. The molecule has 2 aromatic rings. The molecule has 21 heavy (non-hydrogen) atoms. The Morgan fingerprint density at radius 3 is 2.71 bits per heavy atom. The van der Waals surface area contributed by atoms with E-state index in [4.69, 9.17) is 0 Å². The van der Waals surface area contributed by atoms with Gasteiger partial charge in [-0.05, 0) is 32.9 Å². The molecule has 0 atom stereocenters. The Morgan fingerprint density at radius 1 is 1.29 bits per heavy atom. The molecule has 0 fully saturated rings. The van der Waals surface area contributed by atoms with Gasteiger partial charge in [0.05, 0.1) is 18.4 Å². The van der Waals surface area contributed by atoms with E-state index in [0.29, 0.717) is 6.54 Å². The minimum atomic E-state index is -0.123. The van der Waals surface area contributed by atoms with Gasteiger partial charge >= 0.3 is 0 Å². The number of nitrogens with one attached hydrogen (secondary N) is 1. The summed E-state index contributed by atoms with van der Waals surface area (Å²) >= 11 is 0. The van der Waals surface area contributed by atoms with Crippen LogP contribution in [0, 0.1) is 6.92 Å². The number of aromatic nitrogens is 4. The van der Waals surface area contributed by atoms with Crippen LogP contribution < -0.4 is 5.32 Å². The molecule has 0 radical (unpaired) electrons. The maximum absolute atomic E-state index is 11.8. The van der Waals surface area contributed by atoms with Crippen molar-refractivity contribution < 1.29 is 4.79 Å². The lowest BCUT2D eigenvalue weighted by molar-refractivity contribution is -0.116. The van der Waals surface area contributed by atoms with Gasteiger partial charge in [0.15, 0.2) is 0 Å². The normalized spacial score (nSPS) is 11.2. The van der Waals surface area contributed by atoms with Crippen LogP contribution in [0.25, 0.3) is 6.08 Å². The van der Waals surface area contributed by atoms with E-state index in [1.165, 1.54) is 6.08 Å². The molecule has 0 aromatic carbocycles. The number of carbonyl (C=O) groups excluding carboxylic acids is 1. The van der Waals surface area contributed by atoms with Crippen molar-refractivity contribution in [3.8, 4) is 0 Å². The smallest absolute Gasteiger partial charge is 0.244 e. The lowest BCUT2D eigenvalue weighted by Crippen LogP contribution is -2.22. The molecule has 2 aromatic heterocycles. The molecule has 0 saturated heterocycles. The van der Waals surface area contributed by atoms with Gasteiger partial charge < -0.3 is 5.32 Å². The first-order chi connectivity index (χ1) is 10.2. The first kappa shape index (κ1) is 15.0. The minimum Gasteiger partial charge on any atom is -0.347 e. The number of amides is 1. The van der Waals surface area contributed by atoms with Gasteiger partial charge in [-0.25, -0.2) is 0 Å². The Balaban J connectivity index is 1.92. The first-order valence-electron chi connectivity index (χ1n) is 7.14. The summed E-state index contributed by atoms with van der Waals surface area (Å²) in [5.74, 6) is -0.123. The average molecular weight is 287 g/mol. The molecule has 0 spiro atoms. The second-order valence-electron chi connectivity index (χ2n) is 4.69. The molecule has 2 rings (SSSR count). The summed E-state index contributed by atoms with van der Waals surface area (Å²) in [5.41, 5.74) is 3.02. The Bertz CT molecular complexity index is 638. The molecular weight excluding hydrogens is 266 g/mol. The number of aryl methyl sites for hydroxylation is 2. The Labute approximate surface area is 124 Å². The third kappa shape index (κ3) is 3.59. The van der Waals surface area contributed by atoms with Crippen LogP contribution in [0.15, 0.2) is 24.5 Å². The van der Waals surface area contributed by atoms with E-state index in [-0.39, 0.29) is 5.91 Å². The van der Waals surface area contributed by atoms with Crippen LogP contribution >= 0.6 is 0 Å². The molecule has 0 unspecified atom stereocenters. The van der Waals surface area contributed by atoms with E-state index in [9.17, 15) is 4.79 Å². The van der Waals surface area contributed by atoms with Gasteiger partial charge in [-0.3, -0.25) is 14.2 Å². The van der Waals surface area contributed by atoms with Gasteiger partial charge in [0.25, 0.3) is 0 Å². The standard InChI is InChI=1S/C15H21N5O/c1-4-19-12(3)13(10-18-19)6-7-15(21)16-11-14-8-9-17-20(14)5-2/h6-10H,4-5,11H2,1-3H3,(H,16,21)/b7-6+. The average Bonchev–Trinajstić information content (AvgIpc) is 3.09. The molecule has 1 N–H and O–H groups in total. The molecule has 0 aliphatic rings. The van der Waals surface area contributed by atoms with Crippen molar-refractivity contribution in [1.82, 2.24) is 24.9 Å². The van der Waals surface area contributed by atoms with Crippen molar-refractivity contribution >= 4 is 12.0 Å². The fourth-order valence-electron chi connectivity index (χ4n) is 2.14. The zero-order valence-corrected chi connectivity index (χ0v) is 12.7. The summed E-state index contributed by atoms with van der Waals surface area (Å²) in [7, 11) is 0. The maximum Gasteiger partial charge on any atom is 0.244 e. The highest BCUT2D eigenvalue weighted by Crippen LogP contribution is 2.08. The highest BCUT2D eigenvalue weighted by atomic mass is 16.1. The number of rotatable bonds is 6. The summed E-state index contributed by atoms with van der Waals surface area (Å²) in [6.07, 6.45) is 6.84. The maximum atomic E-state index is 11.8. The van der Waals surface area contributed by atoms with E-state index in [2.05, 4.69) is 15.5 Å². The van der Waals surface area contributed by atoms with Crippen LogP contribution in [0.1, 0.15) is 30.8 Å². The van der Waals surface area contributed by atoms with Crippen LogP contribution in [0.3, 0.4) is 0 Å². The largest absolute Gasteiger partial charge is 0.347 e.